The molecule has 0 saturated heterocycles. The Morgan fingerprint density at radius 2 is 2.33 bits per heavy atom. The van der Waals surface area contributed by atoms with E-state index in [1.807, 2.05) is 0 Å². The molecule has 0 aromatic rings. The summed E-state index contributed by atoms with van der Waals surface area (Å²) in [6.45, 7) is 0.967. The van der Waals surface area contributed by atoms with Gasteiger partial charge in [-0.05, 0) is 25.8 Å². The van der Waals surface area contributed by atoms with Crippen LogP contribution in [0.4, 0.5) is 0 Å². The molecule has 0 aliphatic heterocycles. The van der Waals surface area contributed by atoms with Crippen molar-refractivity contribution in [1.82, 2.24) is 5.32 Å². The average Bonchev–Trinajstić information content (AvgIpc) is 2.01. The van der Waals surface area contributed by atoms with Gasteiger partial charge in [0, 0.05) is 19.6 Å². The summed E-state index contributed by atoms with van der Waals surface area (Å²) >= 11 is 0. The van der Waals surface area contributed by atoms with Gasteiger partial charge in [-0.2, -0.15) is 5.26 Å². The van der Waals surface area contributed by atoms with E-state index in [4.69, 9.17) is 10.00 Å². The van der Waals surface area contributed by atoms with Crippen LogP contribution in [0.2, 0.25) is 0 Å². The number of nitrogens with one attached hydrogen (secondary N) is 1. The Kier molecular flexibility index (Phi) is 4.06. The molecule has 1 aliphatic carbocycles. The molecule has 1 saturated carbocycles. The van der Waals surface area contributed by atoms with Crippen molar-refractivity contribution < 1.29 is 4.74 Å². The number of hydrogen-bond donors (Lipinski definition) is 1. The van der Waals surface area contributed by atoms with Crippen LogP contribution in [0.15, 0.2) is 0 Å². The quantitative estimate of drug-likeness (QED) is 0.624. The predicted molar refractivity (Wildman–Crippen MR) is 46.7 cm³/mol. The second-order valence-electron chi connectivity index (χ2n) is 3.24. The van der Waals surface area contributed by atoms with E-state index in [-0.39, 0.29) is 0 Å². The highest BCUT2D eigenvalue weighted by atomic mass is 16.5. The molecule has 1 aliphatic rings. The fourth-order valence-corrected chi connectivity index (χ4v) is 1.40. The minimum atomic E-state index is 0.471. The molecule has 0 spiro atoms. The fourth-order valence-electron chi connectivity index (χ4n) is 1.40. The Hall–Kier alpha value is -0.590. The Morgan fingerprint density at radius 1 is 1.58 bits per heavy atom. The van der Waals surface area contributed by atoms with Gasteiger partial charge < -0.3 is 10.1 Å². The largest absolute Gasteiger partial charge is 0.381 e. The fraction of sp³-hybridized carbons (Fsp3) is 0.889. The van der Waals surface area contributed by atoms with Crippen LogP contribution < -0.4 is 5.32 Å². The third-order valence-corrected chi connectivity index (χ3v) is 2.33. The van der Waals surface area contributed by atoms with E-state index >= 15 is 0 Å². The molecule has 0 atom stereocenters. The first-order valence-corrected chi connectivity index (χ1v) is 4.50. The molecule has 0 radical (unpaired) electrons. The zero-order valence-electron chi connectivity index (χ0n) is 7.55. The van der Waals surface area contributed by atoms with Gasteiger partial charge in [0.1, 0.15) is 0 Å². The van der Waals surface area contributed by atoms with Crippen LogP contribution in [0.25, 0.3) is 0 Å². The molecule has 1 rings (SSSR count). The smallest absolute Gasteiger partial charge is 0.0622 e. The minimum Gasteiger partial charge on any atom is -0.381 e. The molecule has 1 N–H and O–H groups in total. The van der Waals surface area contributed by atoms with Gasteiger partial charge in [0.2, 0.25) is 0 Å². The van der Waals surface area contributed by atoms with Crippen LogP contribution >= 0.6 is 0 Å². The van der Waals surface area contributed by atoms with Crippen LogP contribution in [-0.4, -0.2) is 25.8 Å². The molecule has 0 unspecified atom stereocenters. The maximum absolute atomic E-state index is 8.29. The lowest BCUT2D eigenvalue weighted by molar-refractivity contribution is 0.0176. The third kappa shape index (κ3) is 2.80. The van der Waals surface area contributed by atoms with Crippen molar-refractivity contribution in [2.24, 2.45) is 0 Å². The van der Waals surface area contributed by atoms with Gasteiger partial charge in [0.25, 0.3) is 0 Å². The van der Waals surface area contributed by atoms with E-state index in [1.165, 1.54) is 0 Å². The number of nitrogens with zero attached hydrogens (tertiary/aromatic N) is 1. The number of unbranched alkanes of at least 4 members (excludes halogenated alkanes) is 1. The second kappa shape index (κ2) is 5.13. The number of methoxy groups -OCH3 is 1. The van der Waals surface area contributed by atoms with Gasteiger partial charge in [-0.3, -0.25) is 0 Å². The lowest BCUT2D eigenvalue weighted by atomic mass is 9.89. The van der Waals surface area contributed by atoms with Gasteiger partial charge >= 0.3 is 0 Å². The van der Waals surface area contributed by atoms with E-state index in [0.29, 0.717) is 18.6 Å². The molecule has 0 amide bonds. The first-order chi connectivity index (χ1) is 5.86. The summed E-state index contributed by atoms with van der Waals surface area (Å²) in [6.07, 6.45) is 4.35. The zero-order chi connectivity index (χ0) is 8.81. The SMILES string of the molecule is COC1CC(NCCCC#N)C1. The van der Waals surface area contributed by atoms with Crippen molar-refractivity contribution in [2.45, 2.75) is 37.8 Å². The number of ether oxygens (including phenoxy) is 1. The highest BCUT2D eigenvalue weighted by molar-refractivity contribution is 4.85. The van der Waals surface area contributed by atoms with Crippen molar-refractivity contribution in [3.8, 4) is 6.07 Å². The summed E-state index contributed by atoms with van der Waals surface area (Å²) in [5, 5.41) is 11.7. The van der Waals surface area contributed by atoms with E-state index in [0.717, 1.165) is 25.8 Å². The maximum Gasteiger partial charge on any atom is 0.0622 e. The Balaban J connectivity index is 1.87. The molecular formula is C9H16N2O. The highest BCUT2D eigenvalue weighted by Crippen LogP contribution is 2.22. The van der Waals surface area contributed by atoms with Crippen molar-refractivity contribution in [1.29, 1.82) is 5.26 Å². The molecule has 0 aromatic heterocycles. The number of hydrogen-bond acceptors (Lipinski definition) is 3. The van der Waals surface area contributed by atoms with Crippen LogP contribution in [0.3, 0.4) is 0 Å². The summed E-state index contributed by atoms with van der Waals surface area (Å²) in [6, 6.07) is 2.77. The van der Waals surface area contributed by atoms with Crippen molar-refractivity contribution in [3.05, 3.63) is 0 Å². The van der Waals surface area contributed by atoms with Gasteiger partial charge in [0.05, 0.1) is 12.2 Å². The van der Waals surface area contributed by atoms with Crippen LogP contribution in [0.5, 0.6) is 0 Å². The van der Waals surface area contributed by atoms with Gasteiger partial charge in [0.15, 0.2) is 0 Å². The van der Waals surface area contributed by atoms with E-state index in [1.54, 1.807) is 7.11 Å². The van der Waals surface area contributed by atoms with Gasteiger partial charge in [-0.15, -0.1) is 0 Å². The van der Waals surface area contributed by atoms with Crippen molar-refractivity contribution in [2.75, 3.05) is 13.7 Å². The van der Waals surface area contributed by atoms with Crippen molar-refractivity contribution in [3.63, 3.8) is 0 Å². The first-order valence-electron chi connectivity index (χ1n) is 4.50. The van der Waals surface area contributed by atoms with Crippen molar-refractivity contribution >= 4 is 0 Å². The number of rotatable bonds is 5. The lowest BCUT2D eigenvalue weighted by Gasteiger charge is -2.34. The molecule has 0 heterocycles. The van der Waals surface area contributed by atoms with Gasteiger partial charge in [-0.25, -0.2) is 0 Å². The summed E-state index contributed by atoms with van der Waals surface area (Å²) in [5.41, 5.74) is 0. The number of nitriles is 1. The van der Waals surface area contributed by atoms with E-state index < -0.39 is 0 Å². The Morgan fingerprint density at radius 3 is 2.92 bits per heavy atom. The summed E-state index contributed by atoms with van der Waals surface area (Å²) in [5.74, 6) is 0. The molecule has 3 heteroatoms. The molecule has 3 nitrogen and oxygen atoms in total. The van der Waals surface area contributed by atoms with Crippen LogP contribution in [-0.2, 0) is 4.74 Å². The molecule has 0 aromatic carbocycles. The monoisotopic (exact) mass is 168 g/mol. The predicted octanol–water partition coefficient (Wildman–Crippen LogP) is 1.06. The van der Waals surface area contributed by atoms with Crippen LogP contribution in [0, 0.1) is 11.3 Å². The van der Waals surface area contributed by atoms with Gasteiger partial charge in [-0.1, -0.05) is 0 Å². The topological polar surface area (TPSA) is 45.0 Å². The summed E-state index contributed by atoms with van der Waals surface area (Å²) in [4.78, 5) is 0. The Labute approximate surface area is 73.7 Å². The Bertz CT molecular complexity index is 158. The molecule has 0 bridgehead atoms. The van der Waals surface area contributed by atoms with E-state index in [9.17, 15) is 0 Å². The third-order valence-electron chi connectivity index (χ3n) is 2.33. The maximum atomic E-state index is 8.29. The molecule has 1 fully saturated rings. The molecular weight excluding hydrogens is 152 g/mol. The van der Waals surface area contributed by atoms with Crippen LogP contribution in [0.1, 0.15) is 25.7 Å². The first kappa shape index (κ1) is 9.50. The second-order valence-corrected chi connectivity index (χ2v) is 3.24. The molecule has 12 heavy (non-hydrogen) atoms. The average molecular weight is 168 g/mol. The summed E-state index contributed by atoms with van der Waals surface area (Å²) < 4.78 is 5.15. The minimum absolute atomic E-state index is 0.471. The van der Waals surface area contributed by atoms with E-state index in [2.05, 4.69) is 11.4 Å². The standard InChI is InChI=1S/C9H16N2O/c1-12-9-6-8(7-9)11-5-3-2-4-10/h8-9,11H,2-3,5-7H2,1H3. The zero-order valence-corrected chi connectivity index (χ0v) is 7.55. The lowest BCUT2D eigenvalue weighted by Crippen LogP contribution is -2.45. The summed E-state index contributed by atoms with van der Waals surface area (Å²) in [7, 11) is 1.76. The molecule has 68 valence electrons. The normalized spacial score (nSPS) is 27.7. The highest BCUT2D eigenvalue weighted by Gasteiger charge is 2.27.